The van der Waals surface area contributed by atoms with E-state index in [1.54, 1.807) is 12.3 Å². The Balaban J connectivity index is 1.46. The van der Waals surface area contributed by atoms with Gasteiger partial charge in [-0.2, -0.15) is 0 Å². The number of rotatable bonds is 8. The van der Waals surface area contributed by atoms with Crippen molar-refractivity contribution in [3.8, 4) is 11.4 Å². The Kier molecular flexibility index (Phi) is 5.97. The minimum Gasteiger partial charge on any atom is -0.467 e. The maximum Gasteiger partial charge on any atom is 0.230 e. The predicted molar refractivity (Wildman–Crippen MR) is 111 cm³/mol. The molecule has 1 N–H and O–H groups in total. The molecule has 3 heterocycles. The van der Waals surface area contributed by atoms with E-state index in [0.29, 0.717) is 13.1 Å². The van der Waals surface area contributed by atoms with Crippen LogP contribution in [-0.2, 0) is 30.7 Å². The summed E-state index contributed by atoms with van der Waals surface area (Å²) in [5, 5.41) is 14.6. The van der Waals surface area contributed by atoms with Gasteiger partial charge in [-0.1, -0.05) is 17.8 Å². The van der Waals surface area contributed by atoms with Crippen LogP contribution < -0.4 is 5.32 Å². The quantitative estimate of drug-likeness (QED) is 0.444. The van der Waals surface area contributed by atoms with Crippen LogP contribution in [0.25, 0.3) is 11.4 Å². The molecule has 0 aromatic carbocycles. The lowest BCUT2D eigenvalue weighted by Gasteiger charge is -2.13. The van der Waals surface area contributed by atoms with E-state index in [4.69, 9.17) is 4.42 Å². The van der Waals surface area contributed by atoms with E-state index in [9.17, 15) is 4.79 Å². The van der Waals surface area contributed by atoms with Gasteiger partial charge >= 0.3 is 0 Å². The minimum absolute atomic E-state index is 0.0657. The summed E-state index contributed by atoms with van der Waals surface area (Å²) in [6, 6.07) is 3.64. The zero-order valence-electron chi connectivity index (χ0n) is 15.5. The zero-order chi connectivity index (χ0) is 19.3. The second-order valence-electron chi connectivity index (χ2n) is 6.61. The molecule has 6 nitrogen and oxygen atoms in total. The van der Waals surface area contributed by atoms with Crippen molar-refractivity contribution in [3.63, 3.8) is 0 Å². The highest BCUT2D eigenvalue weighted by Crippen LogP contribution is 2.36. The van der Waals surface area contributed by atoms with Crippen LogP contribution in [0.2, 0.25) is 0 Å². The van der Waals surface area contributed by atoms with Crippen molar-refractivity contribution < 1.29 is 9.21 Å². The van der Waals surface area contributed by atoms with Crippen LogP contribution in [0.5, 0.6) is 0 Å². The minimum atomic E-state index is -0.0657. The molecule has 0 saturated carbocycles. The van der Waals surface area contributed by atoms with Crippen molar-refractivity contribution in [2.24, 2.45) is 0 Å². The van der Waals surface area contributed by atoms with Crippen molar-refractivity contribution in [1.29, 1.82) is 0 Å². The molecule has 0 radical (unpaired) electrons. The molecular weight excluding hydrogens is 392 g/mol. The van der Waals surface area contributed by atoms with Crippen molar-refractivity contribution in [1.82, 2.24) is 20.1 Å². The number of furan rings is 1. The zero-order valence-corrected chi connectivity index (χ0v) is 17.2. The summed E-state index contributed by atoms with van der Waals surface area (Å²) in [6.07, 6.45) is 8.19. The largest absolute Gasteiger partial charge is 0.467 e. The van der Waals surface area contributed by atoms with Gasteiger partial charge < -0.3 is 9.73 Å². The first-order valence-electron chi connectivity index (χ1n) is 9.32. The molecule has 0 saturated heterocycles. The van der Waals surface area contributed by atoms with Crippen LogP contribution in [-0.4, -0.2) is 26.4 Å². The van der Waals surface area contributed by atoms with E-state index in [1.165, 1.54) is 40.6 Å². The molecule has 1 aliphatic rings. The molecule has 28 heavy (non-hydrogen) atoms. The summed E-state index contributed by atoms with van der Waals surface area (Å²) >= 11 is 3.21. The standard InChI is InChI=1S/C20H22N4O2S2/c1-2-9-24-19(16-12-27-17-8-4-3-7-15(16)17)22-23-20(24)28-13-18(25)21-11-14-6-5-10-26-14/h2,5-6,10,12H,1,3-4,7-9,11,13H2,(H,21,25). The predicted octanol–water partition coefficient (Wildman–Crippen LogP) is 4.07. The lowest BCUT2D eigenvalue weighted by atomic mass is 9.95. The maximum absolute atomic E-state index is 12.2. The highest BCUT2D eigenvalue weighted by molar-refractivity contribution is 7.99. The third-order valence-electron chi connectivity index (χ3n) is 4.70. The topological polar surface area (TPSA) is 73.0 Å². The molecule has 1 aliphatic carbocycles. The number of thioether (sulfide) groups is 1. The van der Waals surface area contributed by atoms with Crippen molar-refractivity contribution >= 4 is 29.0 Å². The molecule has 0 aliphatic heterocycles. The first-order chi connectivity index (χ1) is 13.8. The van der Waals surface area contributed by atoms with Gasteiger partial charge in [0.2, 0.25) is 5.91 Å². The van der Waals surface area contributed by atoms with Gasteiger partial charge in [-0.3, -0.25) is 9.36 Å². The van der Waals surface area contributed by atoms with E-state index in [2.05, 4.69) is 32.0 Å². The molecule has 0 fully saturated rings. The number of aromatic nitrogens is 3. The van der Waals surface area contributed by atoms with Crippen LogP contribution in [0.15, 0.2) is 46.0 Å². The molecule has 3 aromatic rings. The molecule has 0 atom stereocenters. The van der Waals surface area contributed by atoms with E-state index in [0.717, 1.165) is 29.6 Å². The average Bonchev–Trinajstić information content (AvgIpc) is 3.45. The summed E-state index contributed by atoms with van der Waals surface area (Å²) < 4.78 is 7.28. The molecule has 146 valence electrons. The van der Waals surface area contributed by atoms with Crippen molar-refractivity contribution in [2.75, 3.05) is 5.75 Å². The van der Waals surface area contributed by atoms with Gasteiger partial charge in [-0.15, -0.1) is 28.1 Å². The summed E-state index contributed by atoms with van der Waals surface area (Å²) in [7, 11) is 0. The Bertz CT molecular complexity index is 959. The number of carbonyl (C=O) groups excluding carboxylic acids is 1. The van der Waals surface area contributed by atoms with E-state index in [1.807, 2.05) is 23.5 Å². The lowest BCUT2D eigenvalue weighted by molar-refractivity contribution is -0.118. The molecule has 0 bridgehead atoms. The number of hydrogen-bond donors (Lipinski definition) is 1. The number of thiophene rings is 1. The van der Waals surface area contributed by atoms with Crippen molar-refractivity contribution in [3.05, 3.63) is 52.6 Å². The van der Waals surface area contributed by atoms with Gasteiger partial charge in [0.05, 0.1) is 18.6 Å². The molecule has 1 amide bonds. The molecule has 3 aromatic heterocycles. The monoisotopic (exact) mass is 414 g/mol. The fourth-order valence-corrected chi connectivity index (χ4v) is 5.25. The number of nitrogens with one attached hydrogen (secondary N) is 1. The molecule has 8 heteroatoms. The van der Waals surface area contributed by atoms with Gasteiger partial charge in [0.25, 0.3) is 0 Å². The number of amides is 1. The van der Waals surface area contributed by atoms with E-state index < -0.39 is 0 Å². The molecular formula is C20H22N4O2S2. The highest BCUT2D eigenvalue weighted by atomic mass is 32.2. The first-order valence-corrected chi connectivity index (χ1v) is 11.2. The number of carbonyl (C=O) groups is 1. The lowest BCUT2D eigenvalue weighted by Crippen LogP contribution is -2.24. The van der Waals surface area contributed by atoms with Crippen molar-refractivity contribution in [2.45, 2.75) is 43.9 Å². The number of aryl methyl sites for hydroxylation is 1. The fourth-order valence-electron chi connectivity index (χ4n) is 3.35. The second-order valence-corrected chi connectivity index (χ2v) is 8.52. The van der Waals surface area contributed by atoms with Crippen LogP contribution in [0.1, 0.15) is 29.0 Å². The molecule has 0 unspecified atom stereocenters. The molecule has 4 rings (SSSR count). The van der Waals surface area contributed by atoms with Gasteiger partial charge in [0.15, 0.2) is 11.0 Å². The first kappa shape index (κ1) is 19.0. The Morgan fingerprint density at radius 1 is 1.39 bits per heavy atom. The van der Waals surface area contributed by atoms with E-state index in [-0.39, 0.29) is 11.7 Å². The Hall–Kier alpha value is -2.32. The highest BCUT2D eigenvalue weighted by Gasteiger charge is 2.22. The maximum atomic E-state index is 12.2. The van der Waals surface area contributed by atoms with Crippen LogP contribution in [0.3, 0.4) is 0 Å². The fraction of sp³-hybridized carbons (Fsp3) is 0.350. The number of fused-ring (bicyclic) bond motifs is 1. The Labute approximate surface area is 172 Å². The normalized spacial score (nSPS) is 13.3. The van der Waals surface area contributed by atoms with Gasteiger partial charge in [-0.25, -0.2) is 0 Å². The summed E-state index contributed by atoms with van der Waals surface area (Å²) in [5.41, 5.74) is 2.60. The number of allylic oxidation sites excluding steroid dienone is 1. The Morgan fingerprint density at radius 2 is 2.29 bits per heavy atom. The van der Waals surface area contributed by atoms with Gasteiger partial charge in [0.1, 0.15) is 5.76 Å². The summed E-state index contributed by atoms with van der Waals surface area (Å²) in [6.45, 7) is 4.87. The summed E-state index contributed by atoms with van der Waals surface area (Å²) in [4.78, 5) is 13.6. The number of hydrogen-bond acceptors (Lipinski definition) is 6. The van der Waals surface area contributed by atoms with Gasteiger partial charge in [0, 0.05) is 22.4 Å². The van der Waals surface area contributed by atoms with Crippen LogP contribution >= 0.6 is 23.1 Å². The second kappa shape index (κ2) is 8.79. The third kappa shape index (κ3) is 4.07. The SMILES string of the molecule is C=CCn1c(SCC(=O)NCc2ccco2)nnc1-c1csc2c1CCCC2. The van der Waals surface area contributed by atoms with Crippen LogP contribution in [0.4, 0.5) is 0 Å². The third-order valence-corrected chi connectivity index (χ3v) is 6.76. The smallest absolute Gasteiger partial charge is 0.230 e. The van der Waals surface area contributed by atoms with Crippen LogP contribution in [0, 0.1) is 0 Å². The van der Waals surface area contributed by atoms with Gasteiger partial charge in [-0.05, 0) is 43.4 Å². The molecule has 0 spiro atoms. The Morgan fingerprint density at radius 3 is 3.11 bits per heavy atom. The number of nitrogens with zero attached hydrogens (tertiary/aromatic N) is 3. The van der Waals surface area contributed by atoms with E-state index >= 15 is 0 Å². The summed E-state index contributed by atoms with van der Waals surface area (Å²) in [5.74, 6) is 1.82. The average molecular weight is 415 g/mol.